The number of likely N-dealkylation sites (N-methyl/N-ethyl adjacent to an activating group) is 1. The van der Waals surface area contributed by atoms with Gasteiger partial charge in [0, 0.05) is 24.7 Å². The molecule has 1 unspecified atom stereocenters. The van der Waals surface area contributed by atoms with Crippen molar-refractivity contribution in [3.63, 3.8) is 0 Å². The lowest BCUT2D eigenvalue weighted by atomic mass is 10.1. The molecule has 0 saturated carbocycles. The van der Waals surface area contributed by atoms with Crippen LogP contribution in [0.4, 0.5) is 5.69 Å². The smallest absolute Gasteiger partial charge is 0.101 e. The van der Waals surface area contributed by atoms with Crippen molar-refractivity contribution in [1.29, 1.82) is 5.26 Å². The summed E-state index contributed by atoms with van der Waals surface area (Å²) in [5.74, 6) is 0. The first kappa shape index (κ1) is 13.8. The molecule has 0 heterocycles. The molecule has 0 amide bonds. The Kier molecular flexibility index (Phi) is 5.27. The van der Waals surface area contributed by atoms with Crippen LogP contribution in [0.1, 0.15) is 19.4 Å². The summed E-state index contributed by atoms with van der Waals surface area (Å²) in [4.78, 5) is 2.12. The van der Waals surface area contributed by atoms with Crippen LogP contribution in [0.2, 0.25) is 5.02 Å². The van der Waals surface area contributed by atoms with Gasteiger partial charge in [0.2, 0.25) is 0 Å². The van der Waals surface area contributed by atoms with Gasteiger partial charge in [-0.25, -0.2) is 0 Å². The van der Waals surface area contributed by atoms with Crippen LogP contribution in [0.25, 0.3) is 0 Å². The highest BCUT2D eigenvalue weighted by Gasteiger charge is 2.16. The van der Waals surface area contributed by atoms with E-state index in [1.165, 1.54) is 0 Å². The Hall–Kier alpha value is -1.24. The average molecular weight is 253 g/mol. The fourth-order valence-electron chi connectivity index (χ4n) is 1.89. The predicted molar refractivity (Wildman–Crippen MR) is 70.5 cm³/mol. The topological polar surface area (TPSA) is 36.3 Å². The molecule has 0 saturated heterocycles. The van der Waals surface area contributed by atoms with Gasteiger partial charge >= 0.3 is 0 Å². The van der Waals surface area contributed by atoms with Gasteiger partial charge in [-0.15, -0.1) is 0 Å². The molecule has 0 spiro atoms. The quantitative estimate of drug-likeness (QED) is 0.808. The fraction of sp³-hybridized carbons (Fsp3) is 0.462. The van der Waals surface area contributed by atoms with E-state index >= 15 is 0 Å². The molecule has 17 heavy (non-hydrogen) atoms. The molecule has 1 aromatic rings. The van der Waals surface area contributed by atoms with Crippen LogP contribution in [0.3, 0.4) is 0 Å². The van der Waals surface area contributed by atoms with E-state index in [-0.39, 0.29) is 6.04 Å². The summed E-state index contributed by atoms with van der Waals surface area (Å²) in [6.45, 7) is 5.54. The fourth-order valence-corrected chi connectivity index (χ4v) is 2.05. The Morgan fingerprint density at radius 3 is 2.76 bits per heavy atom. The minimum atomic E-state index is 0.204. The van der Waals surface area contributed by atoms with Crippen molar-refractivity contribution >= 4 is 17.3 Å². The third-order valence-corrected chi connectivity index (χ3v) is 2.91. The Labute approximate surface area is 108 Å². The molecule has 1 rings (SSSR count). The average Bonchev–Trinajstić information content (AvgIpc) is 2.31. The first-order chi connectivity index (χ1) is 8.13. The van der Waals surface area contributed by atoms with Crippen LogP contribution >= 0.6 is 11.6 Å². The number of halogens is 1. The third kappa shape index (κ3) is 3.36. The minimum absolute atomic E-state index is 0.204. The van der Waals surface area contributed by atoms with Gasteiger partial charge in [0.05, 0.1) is 17.9 Å². The molecule has 0 radical (unpaired) electrons. The number of benzene rings is 1. The number of rotatable bonds is 5. The predicted octanol–water partition coefficient (Wildman–Crippen LogP) is 3.07. The molecule has 0 bridgehead atoms. The van der Waals surface area contributed by atoms with Gasteiger partial charge in [-0.05, 0) is 32.0 Å². The molecular weight excluding hydrogens is 236 g/mol. The summed E-state index contributed by atoms with van der Waals surface area (Å²) in [5.41, 5.74) is 1.51. The second-order valence-electron chi connectivity index (χ2n) is 3.86. The number of anilines is 1. The Morgan fingerprint density at radius 1 is 1.53 bits per heavy atom. The first-order valence-corrected chi connectivity index (χ1v) is 5.97. The van der Waals surface area contributed by atoms with Gasteiger partial charge in [0.25, 0.3) is 0 Å². The van der Waals surface area contributed by atoms with Gasteiger partial charge < -0.3 is 9.64 Å². The monoisotopic (exact) mass is 252 g/mol. The van der Waals surface area contributed by atoms with Crippen molar-refractivity contribution in [2.45, 2.75) is 19.9 Å². The van der Waals surface area contributed by atoms with Crippen LogP contribution < -0.4 is 4.90 Å². The van der Waals surface area contributed by atoms with E-state index in [1.807, 2.05) is 13.0 Å². The van der Waals surface area contributed by atoms with Crippen molar-refractivity contribution < 1.29 is 4.74 Å². The lowest BCUT2D eigenvalue weighted by molar-refractivity contribution is 0.182. The Morgan fingerprint density at radius 2 is 2.24 bits per heavy atom. The molecular formula is C13H17ClN2O. The van der Waals surface area contributed by atoms with Crippen molar-refractivity contribution in [3.05, 3.63) is 28.8 Å². The molecule has 0 aromatic heterocycles. The molecule has 0 N–H and O–H groups in total. The van der Waals surface area contributed by atoms with Gasteiger partial charge in [0.1, 0.15) is 6.07 Å². The number of hydrogen-bond acceptors (Lipinski definition) is 3. The summed E-state index contributed by atoms with van der Waals surface area (Å²) in [7, 11) is 1.67. The summed E-state index contributed by atoms with van der Waals surface area (Å²) >= 11 is 5.99. The highest BCUT2D eigenvalue weighted by molar-refractivity contribution is 6.30. The largest absolute Gasteiger partial charge is 0.383 e. The third-order valence-electron chi connectivity index (χ3n) is 2.67. The zero-order valence-corrected chi connectivity index (χ0v) is 11.2. The number of nitriles is 1. The SMILES string of the molecule is CCN(c1cc(Cl)ccc1C#N)C(C)COC. The van der Waals surface area contributed by atoms with Crippen LogP contribution in [0.15, 0.2) is 18.2 Å². The summed E-state index contributed by atoms with van der Waals surface area (Å²) < 4.78 is 5.15. The van der Waals surface area contributed by atoms with Gasteiger partial charge in [0.15, 0.2) is 0 Å². The number of hydrogen-bond donors (Lipinski definition) is 0. The van der Waals surface area contributed by atoms with E-state index < -0.39 is 0 Å². The van der Waals surface area contributed by atoms with E-state index in [0.29, 0.717) is 17.2 Å². The van der Waals surface area contributed by atoms with E-state index in [4.69, 9.17) is 21.6 Å². The molecule has 92 valence electrons. The molecule has 4 heteroatoms. The van der Waals surface area contributed by atoms with Gasteiger partial charge in [-0.1, -0.05) is 11.6 Å². The summed E-state index contributed by atoms with van der Waals surface area (Å²) in [6.07, 6.45) is 0. The highest BCUT2D eigenvalue weighted by atomic mass is 35.5. The second-order valence-corrected chi connectivity index (χ2v) is 4.30. The summed E-state index contributed by atoms with van der Waals surface area (Å²) in [5, 5.41) is 9.76. The Balaban J connectivity index is 3.10. The van der Waals surface area contributed by atoms with E-state index in [1.54, 1.807) is 19.2 Å². The van der Waals surface area contributed by atoms with Crippen LogP contribution in [0, 0.1) is 11.3 Å². The molecule has 0 fully saturated rings. The zero-order valence-electron chi connectivity index (χ0n) is 10.4. The maximum Gasteiger partial charge on any atom is 0.101 e. The lowest BCUT2D eigenvalue weighted by Crippen LogP contribution is -2.36. The minimum Gasteiger partial charge on any atom is -0.383 e. The molecule has 3 nitrogen and oxygen atoms in total. The highest BCUT2D eigenvalue weighted by Crippen LogP contribution is 2.26. The molecule has 0 aliphatic carbocycles. The number of ether oxygens (including phenoxy) is 1. The normalized spacial score (nSPS) is 11.9. The van der Waals surface area contributed by atoms with Crippen molar-refractivity contribution in [3.8, 4) is 6.07 Å². The molecule has 0 aliphatic rings. The van der Waals surface area contributed by atoms with Crippen molar-refractivity contribution in [2.24, 2.45) is 0 Å². The van der Waals surface area contributed by atoms with Crippen molar-refractivity contribution in [1.82, 2.24) is 0 Å². The van der Waals surface area contributed by atoms with E-state index in [9.17, 15) is 0 Å². The summed E-state index contributed by atoms with van der Waals surface area (Å²) in [6, 6.07) is 7.71. The van der Waals surface area contributed by atoms with Crippen LogP contribution in [-0.4, -0.2) is 26.3 Å². The van der Waals surface area contributed by atoms with Crippen LogP contribution in [0.5, 0.6) is 0 Å². The van der Waals surface area contributed by atoms with Gasteiger partial charge in [-0.2, -0.15) is 5.26 Å². The number of methoxy groups -OCH3 is 1. The molecule has 0 aliphatic heterocycles. The first-order valence-electron chi connectivity index (χ1n) is 5.59. The number of nitrogens with zero attached hydrogens (tertiary/aromatic N) is 2. The van der Waals surface area contributed by atoms with E-state index in [2.05, 4.69) is 17.9 Å². The Bertz CT molecular complexity index is 414. The van der Waals surface area contributed by atoms with Crippen LogP contribution in [-0.2, 0) is 4.74 Å². The zero-order chi connectivity index (χ0) is 12.8. The molecule has 1 aromatic carbocycles. The van der Waals surface area contributed by atoms with Gasteiger partial charge in [-0.3, -0.25) is 0 Å². The maximum atomic E-state index is 9.11. The van der Waals surface area contributed by atoms with E-state index in [0.717, 1.165) is 12.2 Å². The molecule has 1 atom stereocenters. The second kappa shape index (κ2) is 6.48. The van der Waals surface area contributed by atoms with Crippen molar-refractivity contribution in [2.75, 3.05) is 25.2 Å². The maximum absolute atomic E-state index is 9.11. The lowest BCUT2D eigenvalue weighted by Gasteiger charge is -2.30. The standard InChI is InChI=1S/C13H17ClN2O/c1-4-16(10(2)9-17-3)13-7-12(14)6-5-11(13)8-15/h5-7,10H,4,9H2,1-3H3.